The van der Waals surface area contributed by atoms with Crippen LogP contribution in [0.25, 0.3) is 0 Å². The Balaban J connectivity index is 1.63. The molecule has 7 nitrogen and oxygen atoms in total. The van der Waals surface area contributed by atoms with E-state index in [0.717, 1.165) is 12.0 Å². The lowest BCUT2D eigenvalue weighted by molar-refractivity contribution is 0.0742. The number of benzene rings is 2. The summed E-state index contributed by atoms with van der Waals surface area (Å²) in [6.45, 7) is 3.87. The van der Waals surface area contributed by atoms with Crippen molar-refractivity contribution in [3.05, 3.63) is 77.4 Å². The number of ether oxygens (including phenoxy) is 1. The average molecular weight is 394 g/mol. The van der Waals surface area contributed by atoms with Crippen LogP contribution in [-0.4, -0.2) is 34.0 Å². The molecule has 3 aromatic rings. The highest BCUT2D eigenvalue weighted by Crippen LogP contribution is 2.16. The highest BCUT2D eigenvalue weighted by Gasteiger charge is 2.16. The first-order valence-electron chi connectivity index (χ1n) is 9.77. The average Bonchev–Trinajstić information content (AvgIpc) is 3.24. The van der Waals surface area contributed by atoms with E-state index in [1.165, 1.54) is 0 Å². The Bertz CT molecular complexity index is 894. The van der Waals surface area contributed by atoms with Gasteiger partial charge in [0, 0.05) is 25.1 Å². The largest absolute Gasteiger partial charge is 0.485 e. The number of carbonyl (C=O) groups is 1. The van der Waals surface area contributed by atoms with Crippen LogP contribution in [0.2, 0.25) is 0 Å². The molecule has 1 amide bonds. The van der Waals surface area contributed by atoms with Crippen molar-refractivity contribution in [1.82, 2.24) is 15.0 Å². The lowest BCUT2D eigenvalue weighted by atomic mass is 10.1. The first-order valence-corrected chi connectivity index (χ1v) is 9.77. The van der Waals surface area contributed by atoms with Crippen molar-refractivity contribution in [2.75, 3.05) is 13.1 Å². The molecule has 0 bridgehead atoms. The first kappa shape index (κ1) is 20.5. The van der Waals surface area contributed by atoms with Gasteiger partial charge in [0.25, 0.3) is 5.91 Å². The molecule has 3 rings (SSSR count). The van der Waals surface area contributed by atoms with Crippen LogP contribution in [0, 0.1) is 0 Å². The molecule has 152 valence electrons. The molecule has 7 heteroatoms. The van der Waals surface area contributed by atoms with Gasteiger partial charge in [0.1, 0.15) is 5.75 Å². The molecular formula is C22H26N4O3. The second-order valence-corrected chi connectivity index (χ2v) is 6.63. The third-order valence-electron chi connectivity index (χ3n) is 4.42. The maximum Gasteiger partial charge on any atom is 0.254 e. The van der Waals surface area contributed by atoms with Crippen molar-refractivity contribution >= 4 is 5.91 Å². The van der Waals surface area contributed by atoms with Crippen molar-refractivity contribution in [1.29, 1.82) is 0 Å². The number of aromatic nitrogens is 2. The predicted octanol–water partition coefficient (Wildman–Crippen LogP) is 3.20. The standard InChI is InChI=1S/C22H26N4O3/c1-2-21-24-20(25-29-21)16-28-19-11-9-18(10-12-19)22(27)26(14-6-13-23)15-17-7-4-3-5-8-17/h3-5,7-12H,2,6,13-16,23H2,1H3. The van der Waals surface area contributed by atoms with E-state index < -0.39 is 0 Å². The summed E-state index contributed by atoms with van der Waals surface area (Å²) in [7, 11) is 0. The zero-order chi connectivity index (χ0) is 20.5. The van der Waals surface area contributed by atoms with Crippen LogP contribution in [0.5, 0.6) is 5.75 Å². The number of nitrogens with zero attached hydrogens (tertiary/aromatic N) is 3. The van der Waals surface area contributed by atoms with Crippen LogP contribution in [0.4, 0.5) is 0 Å². The summed E-state index contributed by atoms with van der Waals surface area (Å²) in [5.41, 5.74) is 7.35. The minimum Gasteiger partial charge on any atom is -0.485 e. The van der Waals surface area contributed by atoms with Gasteiger partial charge in [0.2, 0.25) is 11.7 Å². The van der Waals surface area contributed by atoms with Gasteiger partial charge >= 0.3 is 0 Å². The molecule has 0 unspecified atom stereocenters. The Morgan fingerprint density at radius 2 is 1.90 bits per heavy atom. The Labute approximate surface area is 170 Å². The van der Waals surface area contributed by atoms with E-state index in [2.05, 4.69) is 10.1 Å². The highest BCUT2D eigenvalue weighted by atomic mass is 16.5. The molecule has 0 radical (unpaired) electrons. The number of hydrogen-bond acceptors (Lipinski definition) is 6. The first-order chi connectivity index (χ1) is 14.2. The fourth-order valence-corrected chi connectivity index (χ4v) is 2.85. The van der Waals surface area contributed by atoms with Crippen molar-refractivity contribution in [3.8, 4) is 5.75 Å². The molecule has 0 aliphatic carbocycles. The van der Waals surface area contributed by atoms with E-state index in [1.54, 1.807) is 24.3 Å². The molecule has 2 aromatic carbocycles. The van der Waals surface area contributed by atoms with Gasteiger partial charge in [-0.3, -0.25) is 4.79 Å². The van der Waals surface area contributed by atoms with E-state index in [4.69, 9.17) is 15.0 Å². The molecule has 0 aliphatic heterocycles. The molecule has 1 aromatic heterocycles. The molecule has 0 atom stereocenters. The zero-order valence-electron chi connectivity index (χ0n) is 16.6. The van der Waals surface area contributed by atoms with Gasteiger partial charge in [-0.15, -0.1) is 0 Å². The van der Waals surface area contributed by atoms with E-state index in [-0.39, 0.29) is 12.5 Å². The summed E-state index contributed by atoms with van der Waals surface area (Å²) >= 11 is 0. The number of nitrogens with two attached hydrogens (primary N) is 1. The number of carbonyl (C=O) groups excluding carboxylic acids is 1. The maximum atomic E-state index is 13.0. The molecule has 2 N–H and O–H groups in total. The summed E-state index contributed by atoms with van der Waals surface area (Å²) < 4.78 is 10.7. The van der Waals surface area contributed by atoms with Gasteiger partial charge in [0.05, 0.1) is 0 Å². The molecule has 0 saturated carbocycles. The Morgan fingerprint density at radius 3 is 2.55 bits per heavy atom. The zero-order valence-corrected chi connectivity index (χ0v) is 16.6. The van der Waals surface area contributed by atoms with Crippen molar-refractivity contribution in [2.24, 2.45) is 5.73 Å². The minimum absolute atomic E-state index is 0.0281. The fourth-order valence-electron chi connectivity index (χ4n) is 2.85. The molecule has 0 saturated heterocycles. The second kappa shape index (κ2) is 10.4. The molecule has 29 heavy (non-hydrogen) atoms. The monoisotopic (exact) mass is 394 g/mol. The summed E-state index contributed by atoms with van der Waals surface area (Å²) in [5.74, 6) is 1.69. The lowest BCUT2D eigenvalue weighted by Gasteiger charge is -2.23. The van der Waals surface area contributed by atoms with E-state index in [9.17, 15) is 4.79 Å². The smallest absolute Gasteiger partial charge is 0.254 e. The lowest BCUT2D eigenvalue weighted by Crippen LogP contribution is -2.32. The van der Waals surface area contributed by atoms with E-state index >= 15 is 0 Å². The summed E-state index contributed by atoms with van der Waals surface area (Å²) in [4.78, 5) is 19.0. The summed E-state index contributed by atoms with van der Waals surface area (Å²) in [5, 5.41) is 3.86. The van der Waals surface area contributed by atoms with E-state index in [0.29, 0.717) is 49.1 Å². The SMILES string of the molecule is CCc1nc(COc2ccc(C(=O)N(CCCN)Cc3ccccc3)cc2)no1. The molecule has 1 heterocycles. The van der Waals surface area contributed by atoms with Crippen molar-refractivity contribution in [3.63, 3.8) is 0 Å². The molecule has 0 spiro atoms. The predicted molar refractivity (Wildman–Crippen MR) is 109 cm³/mol. The molecular weight excluding hydrogens is 368 g/mol. The topological polar surface area (TPSA) is 94.5 Å². The normalized spacial score (nSPS) is 10.7. The van der Waals surface area contributed by atoms with Crippen molar-refractivity contribution < 1.29 is 14.1 Å². The second-order valence-electron chi connectivity index (χ2n) is 6.63. The number of aryl methyl sites for hydroxylation is 1. The molecule has 0 aliphatic rings. The Kier molecular flexibility index (Phi) is 7.35. The summed E-state index contributed by atoms with van der Waals surface area (Å²) in [6.07, 6.45) is 1.44. The Hall–Kier alpha value is -3.19. The van der Waals surface area contributed by atoms with Gasteiger partial charge < -0.3 is 19.9 Å². The number of amides is 1. The molecule has 0 fully saturated rings. The van der Waals surface area contributed by atoms with Gasteiger partial charge in [-0.1, -0.05) is 42.4 Å². The van der Waals surface area contributed by atoms with Gasteiger partial charge in [-0.2, -0.15) is 4.98 Å². The fraction of sp³-hybridized carbons (Fsp3) is 0.318. The third-order valence-corrected chi connectivity index (χ3v) is 4.42. The summed E-state index contributed by atoms with van der Waals surface area (Å²) in [6, 6.07) is 17.0. The van der Waals surface area contributed by atoms with Crippen LogP contribution in [0.15, 0.2) is 59.1 Å². The van der Waals surface area contributed by atoms with Crippen LogP contribution in [0.1, 0.15) is 41.0 Å². The quantitative estimate of drug-likeness (QED) is 0.567. The van der Waals surface area contributed by atoms with Crippen LogP contribution in [-0.2, 0) is 19.6 Å². The van der Waals surface area contributed by atoms with Gasteiger partial charge in [-0.05, 0) is 42.8 Å². The van der Waals surface area contributed by atoms with Crippen LogP contribution in [0.3, 0.4) is 0 Å². The number of rotatable bonds is 10. The number of hydrogen-bond donors (Lipinski definition) is 1. The Morgan fingerprint density at radius 1 is 1.14 bits per heavy atom. The minimum atomic E-state index is -0.0281. The maximum absolute atomic E-state index is 13.0. The van der Waals surface area contributed by atoms with E-state index in [1.807, 2.05) is 42.2 Å². The third kappa shape index (κ3) is 5.89. The van der Waals surface area contributed by atoms with Crippen LogP contribution >= 0.6 is 0 Å². The van der Waals surface area contributed by atoms with Crippen LogP contribution < -0.4 is 10.5 Å². The highest BCUT2D eigenvalue weighted by molar-refractivity contribution is 5.94. The van der Waals surface area contributed by atoms with Gasteiger partial charge in [0.15, 0.2) is 6.61 Å². The van der Waals surface area contributed by atoms with Gasteiger partial charge in [-0.25, -0.2) is 0 Å². The van der Waals surface area contributed by atoms with Crippen molar-refractivity contribution in [2.45, 2.75) is 32.9 Å².